The molecule has 0 fully saturated rings. The number of aryl methyl sites for hydroxylation is 3. The van der Waals surface area contributed by atoms with Gasteiger partial charge in [-0.3, -0.25) is 0 Å². The Morgan fingerprint density at radius 1 is 1.24 bits per heavy atom. The average molecular weight is 307 g/mol. The van der Waals surface area contributed by atoms with Crippen LogP contribution in [-0.4, -0.2) is 11.0 Å². The van der Waals surface area contributed by atoms with E-state index in [4.69, 9.17) is 4.42 Å². The van der Waals surface area contributed by atoms with Gasteiger partial charge in [0.1, 0.15) is 11.5 Å². The molecule has 0 radical (unpaired) electrons. The molecule has 2 heterocycles. The van der Waals surface area contributed by atoms with Gasteiger partial charge in [-0.15, -0.1) is 11.3 Å². The van der Waals surface area contributed by atoms with Crippen LogP contribution in [0.4, 0.5) is 4.79 Å². The third-order valence-electron chi connectivity index (χ3n) is 3.32. The molecule has 0 aromatic carbocycles. The summed E-state index contributed by atoms with van der Waals surface area (Å²) in [6.45, 7) is 9.61. The van der Waals surface area contributed by atoms with Gasteiger partial charge in [0.2, 0.25) is 0 Å². The van der Waals surface area contributed by atoms with Crippen LogP contribution >= 0.6 is 11.3 Å². The zero-order valence-corrected chi connectivity index (χ0v) is 13.8. The molecule has 0 aliphatic carbocycles. The molecule has 0 spiro atoms. The van der Waals surface area contributed by atoms with E-state index in [1.54, 1.807) is 11.3 Å². The molecule has 2 N–H and O–H groups in total. The monoisotopic (exact) mass is 307 g/mol. The van der Waals surface area contributed by atoms with Crippen molar-refractivity contribution in [3.8, 4) is 0 Å². The molecule has 6 heteroatoms. The Hall–Kier alpha value is -1.82. The molecule has 2 aromatic rings. The largest absolute Gasteiger partial charge is 0.466 e. The van der Waals surface area contributed by atoms with E-state index >= 15 is 0 Å². The number of furan rings is 1. The summed E-state index contributed by atoms with van der Waals surface area (Å²) < 4.78 is 5.49. The predicted molar refractivity (Wildman–Crippen MR) is 83.5 cm³/mol. The third kappa shape index (κ3) is 3.85. The number of amides is 2. The number of urea groups is 1. The van der Waals surface area contributed by atoms with Crippen molar-refractivity contribution in [1.29, 1.82) is 0 Å². The molecule has 2 atom stereocenters. The Labute approximate surface area is 128 Å². The van der Waals surface area contributed by atoms with Gasteiger partial charge in [0.15, 0.2) is 0 Å². The smallest absolute Gasteiger partial charge is 0.315 e. The number of carbonyl (C=O) groups excluding carboxylic acids is 1. The number of nitrogens with zero attached hydrogens (tertiary/aromatic N) is 1. The summed E-state index contributed by atoms with van der Waals surface area (Å²) in [5, 5.41) is 8.79. The van der Waals surface area contributed by atoms with E-state index in [2.05, 4.69) is 15.6 Å². The Balaban J connectivity index is 1.94. The number of thiazole rings is 1. The molecular formula is C15H21N3O2S. The summed E-state index contributed by atoms with van der Waals surface area (Å²) in [6, 6.07) is 1.52. The van der Waals surface area contributed by atoms with Crippen LogP contribution in [0.1, 0.15) is 53.7 Å². The summed E-state index contributed by atoms with van der Waals surface area (Å²) in [7, 11) is 0. The van der Waals surface area contributed by atoms with E-state index in [0.717, 1.165) is 27.8 Å². The van der Waals surface area contributed by atoms with Gasteiger partial charge in [-0.05, 0) is 40.7 Å². The number of carbonyl (C=O) groups is 1. The van der Waals surface area contributed by atoms with Crippen molar-refractivity contribution in [2.75, 3.05) is 0 Å². The van der Waals surface area contributed by atoms with Gasteiger partial charge >= 0.3 is 6.03 Å². The van der Waals surface area contributed by atoms with Crippen LogP contribution in [0.2, 0.25) is 0 Å². The molecule has 2 aromatic heterocycles. The highest BCUT2D eigenvalue weighted by atomic mass is 32.1. The quantitative estimate of drug-likeness (QED) is 0.903. The van der Waals surface area contributed by atoms with Gasteiger partial charge in [-0.1, -0.05) is 0 Å². The van der Waals surface area contributed by atoms with Gasteiger partial charge in [0, 0.05) is 10.9 Å². The van der Waals surface area contributed by atoms with Crippen molar-refractivity contribution in [2.45, 2.75) is 46.7 Å². The second-order valence-electron chi connectivity index (χ2n) is 5.22. The molecule has 0 aliphatic rings. The van der Waals surface area contributed by atoms with E-state index < -0.39 is 0 Å². The van der Waals surface area contributed by atoms with Crippen LogP contribution in [0.15, 0.2) is 15.9 Å². The minimum absolute atomic E-state index is 0.105. The minimum Gasteiger partial charge on any atom is -0.466 e. The average Bonchev–Trinajstić information content (AvgIpc) is 2.95. The Morgan fingerprint density at radius 2 is 1.90 bits per heavy atom. The Kier molecular flexibility index (Phi) is 4.67. The van der Waals surface area contributed by atoms with Crippen LogP contribution in [0.25, 0.3) is 0 Å². The molecule has 0 bridgehead atoms. The molecular weight excluding hydrogens is 286 g/mol. The van der Waals surface area contributed by atoms with E-state index in [1.807, 2.05) is 46.1 Å². The zero-order chi connectivity index (χ0) is 15.6. The standard InChI is InChI=1S/C15H21N3O2S/c1-8-6-13(11(4)20-8)9(2)16-15(19)17-10(3)14-7-21-12(5)18-14/h6-7,9-10H,1-5H3,(H2,16,17,19)/t9-,10+/m0/s1. The third-order valence-corrected chi connectivity index (χ3v) is 4.11. The van der Waals surface area contributed by atoms with E-state index in [0.29, 0.717) is 0 Å². The van der Waals surface area contributed by atoms with Gasteiger partial charge in [-0.2, -0.15) is 0 Å². The maximum atomic E-state index is 12.1. The summed E-state index contributed by atoms with van der Waals surface area (Å²) in [5.74, 6) is 1.69. The van der Waals surface area contributed by atoms with Gasteiger partial charge in [-0.25, -0.2) is 9.78 Å². The lowest BCUT2D eigenvalue weighted by Gasteiger charge is -2.17. The van der Waals surface area contributed by atoms with Gasteiger partial charge in [0.05, 0.1) is 22.8 Å². The molecule has 114 valence electrons. The first-order valence-electron chi connectivity index (χ1n) is 6.92. The lowest BCUT2D eigenvalue weighted by atomic mass is 10.1. The van der Waals surface area contributed by atoms with Crippen molar-refractivity contribution in [3.05, 3.63) is 39.2 Å². The van der Waals surface area contributed by atoms with Crippen LogP contribution in [0, 0.1) is 20.8 Å². The van der Waals surface area contributed by atoms with Crippen molar-refractivity contribution < 1.29 is 9.21 Å². The first kappa shape index (κ1) is 15.6. The number of aromatic nitrogens is 1. The number of hydrogen-bond donors (Lipinski definition) is 2. The SMILES string of the molecule is Cc1cc([C@H](C)NC(=O)N[C@H](C)c2csc(C)n2)c(C)o1. The fourth-order valence-electron chi connectivity index (χ4n) is 2.25. The maximum absolute atomic E-state index is 12.1. The molecule has 5 nitrogen and oxygen atoms in total. The first-order valence-corrected chi connectivity index (χ1v) is 7.80. The topological polar surface area (TPSA) is 67.2 Å². The first-order chi connectivity index (χ1) is 9.86. The van der Waals surface area contributed by atoms with Crippen molar-refractivity contribution in [3.63, 3.8) is 0 Å². The maximum Gasteiger partial charge on any atom is 0.315 e. The summed E-state index contributed by atoms with van der Waals surface area (Å²) in [4.78, 5) is 16.4. The van der Waals surface area contributed by atoms with E-state index in [1.165, 1.54) is 0 Å². The Bertz CT molecular complexity index is 633. The number of rotatable bonds is 4. The van der Waals surface area contributed by atoms with Gasteiger partial charge < -0.3 is 15.1 Å². The lowest BCUT2D eigenvalue weighted by molar-refractivity contribution is 0.234. The highest BCUT2D eigenvalue weighted by Gasteiger charge is 2.17. The van der Waals surface area contributed by atoms with Crippen LogP contribution in [0.3, 0.4) is 0 Å². The molecule has 0 saturated heterocycles. The number of nitrogens with one attached hydrogen (secondary N) is 2. The van der Waals surface area contributed by atoms with Gasteiger partial charge in [0.25, 0.3) is 0 Å². The highest BCUT2D eigenvalue weighted by Crippen LogP contribution is 2.21. The molecule has 21 heavy (non-hydrogen) atoms. The van der Waals surface area contributed by atoms with Crippen molar-refractivity contribution >= 4 is 17.4 Å². The summed E-state index contributed by atoms with van der Waals surface area (Å²) in [5.41, 5.74) is 1.88. The summed E-state index contributed by atoms with van der Waals surface area (Å²) in [6.07, 6.45) is 0. The number of hydrogen-bond acceptors (Lipinski definition) is 4. The molecule has 0 aliphatic heterocycles. The Morgan fingerprint density at radius 3 is 2.43 bits per heavy atom. The minimum atomic E-state index is -0.209. The highest BCUT2D eigenvalue weighted by molar-refractivity contribution is 7.09. The van der Waals surface area contributed by atoms with Crippen LogP contribution in [0.5, 0.6) is 0 Å². The van der Waals surface area contributed by atoms with E-state index in [9.17, 15) is 4.79 Å². The molecule has 0 unspecified atom stereocenters. The van der Waals surface area contributed by atoms with Crippen molar-refractivity contribution in [2.24, 2.45) is 0 Å². The van der Waals surface area contributed by atoms with Crippen LogP contribution in [-0.2, 0) is 0 Å². The molecule has 2 rings (SSSR count). The molecule has 0 saturated carbocycles. The zero-order valence-electron chi connectivity index (χ0n) is 13.0. The fourth-order valence-corrected chi connectivity index (χ4v) is 2.95. The lowest BCUT2D eigenvalue weighted by Crippen LogP contribution is -2.38. The summed E-state index contributed by atoms with van der Waals surface area (Å²) >= 11 is 1.58. The normalized spacial score (nSPS) is 13.8. The van der Waals surface area contributed by atoms with Crippen LogP contribution < -0.4 is 10.6 Å². The van der Waals surface area contributed by atoms with E-state index in [-0.39, 0.29) is 18.1 Å². The second kappa shape index (κ2) is 6.30. The fraction of sp³-hybridized carbons (Fsp3) is 0.467. The second-order valence-corrected chi connectivity index (χ2v) is 6.28. The van der Waals surface area contributed by atoms with Crippen molar-refractivity contribution in [1.82, 2.24) is 15.6 Å². The molecule has 2 amide bonds. The predicted octanol–water partition coefficient (Wildman–Crippen LogP) is 3.78.